The highest BCUT2D eigenvalue weighted by Gasteiger charge is 1.97. The topological polar surface area (TPSA) is 4.93 Å². The van der Waals surface area contributed by atoms with Gasteiger partial charge in [0, 0.05) is 9.77 Å². The summed E-state index contributed by atoms with van der Waals surface area (Å²) in [4.78, 5) is 0. The minimum atomic E-state index is 1.30. The Morgan fingerprint density at radius 1 is 1.38 bits per heavy atom. The monoisotopic (exact) mass is 445 g/mol. The quantitative estimate of drug-likeness (QED) is 0.542. The van der Waals surface area contributed by atoms with Gasteiger partial charge in [0.25, 0.3) is 0 Å². The normalized spacial score (nSPS) is 9.88. The average Bonchev–Trinajstić information content (AvgIpc) is 1.98. The second-order valence-electron chi connectivity index (χ2n) is 1.27. The zero-order valence-electron chi connectivity index (χ0n) is 3.74. The first-order valence-electron chi connectivity index (χ1n) is 1.90. The van der Waals surface area contributed by atoms with E-state index in [-0.39, 0.29) is 0 Å². The smallest absolute Gasteiger partial charge is 0.102 e. The van der Waals surface area contributed by atoms with Crippen LogP contribution in [0.4, 0.5) is 0 Å². The van der Waals surface area contributed by atoms with Crippen molar-refractivity contribution in [2.75, 3.05) is 0 Å². The third-order valence-electron chi connectivity index (χ3n) is 0.736. The molecule has 1 nitrogen and oxygen atoms in total. The highest BCUT2D eigenvalue weighted by atomic mass is 127. The first-order chi connectivity index (χ1) is 3.72. The molecule has 0 amide bonds. The van der Waals surface area contributed by atoms with Crippen LogP contribution >= 0.6 is 68.0 Å². The Morgan fingerprint density at radius 3 is 2.12 bits per heavy atom. The summed E-state index contributed by atoms with van der Waals surface area (Å²) in [7, 11) is 0. The summed E-state index contributed by atoms with van der Waals surface area (Å²) in [6.07, 6.45) is 2.05. The van der Waals surface area contributed by atoms with E-state index >= 15 is 0 Å². The van der Waals surface area contributed by atoms with E-state index in [1.54, 1.807) is 0 Å². The van der Waals surface area contributed by atoms with Gasteiger partial charge in [-0.15, -0.1) is 0 Å². The van der Waals surface area contributed by atoms with Crippen LogP contribution in [0.15, 0.2) is 12.3 Å². The van der Waals surface area contributed by atoms with E-state index in [2.05, 4.69) is 76.9 Å². The molecular formula is C4H2I3N. The number of aromatic nitrogens is 1. The van der Waals surface area contributed by atoms with Crippen molar-refractivity contribution in [3.63, 3.8) is 0 Å². The van der Waals surface area contributed by atoms with Crippen molar-refractivity contribution >= 4 is 68.0 Å². The molecule has 4 heteroatoms. The fourth-order valence-corrected chi connectivity index (χ4v) is 2.01. The first-order valence-corrected chi connectivity index (χ1v) is 5.02. The molecule has 0 aromatic carbocycles. The van der Waals surface area contributed by atoms with Crippen molar-refractivity contribution in [1.82, 2.24) is 2.78 Å². The molecule has 8 heavy (non-hydrogen) atoms. The molecule has 1 heterocycles. The van der Waals surface area contributed by atoms with Crippen LogP contribution in [0.25, 0.3) is 0 Å². The van der Waals surface area contributed by atoms with Gasteiger partial charge in [-0.3, -0.25) is 2.78 Å². The molecule has 0 saturated heterocycles. The molecule has 1 aromatic rings. The maximum absolute atomic E-state index is 2.31. The van der Waals surface area contributed by atoms with Crippen LogP contribution in [0.2, 0.25) is 0 Å². The summed E-state index contributed by atoms with van der Waals surface area (Å²) < 4.78 is 4.68. The van der Waals surface area contributed by atoms with Crippen LogP contribution in [0, 0.1) is 7.27 Å². The Kier molecular flexibility index (Phi) is 2.88. The summed E-state index contributed by atoms with van der Waals surface area (Å²) in [5.41, 5.74) is 0. The van der Waals surface area contributed by atoms with Crippen molar-refractivity contribution in [2.24, 2.45) is 0 Å². The van der Waals surface area contributed by atoms with Crippen LogP contribution in [0.5, 0.6) is 0 Å². The summed E-state index contributed by atoms with van der Waals surface area (Å²) in [5.74, 6) is 0. The standard InChI is InChI=1S/C4H2I3N/c5-3-1-2-8(7)4(3)6/h1-2H. The summed E-state index contributed by atoms with van der Waals surface area (Å²) in [6.45, 7) is 0. The van der Waals surface area contributed by atoms with Crippen LogP contribution < -0.4 is 0 Å². The highest BCUT2D eigenvalue weighted by Crippen LogP contribution is 2.17. The lowest BCUT2D eigenvalue weighted by molar-refractivity contribution is 1.30. The molecule has 0 fully saturated rings. The molecule has 0 N–H and O–H groups in total. The molecule has 0 radical (unpaired) electrons. The van der Waals surface area contributed by atoms with Gasteiger partial charge in [-0.2, -0.15) is 0 Å². The summed E-state index contributed by atoms with van der Waals surface area (Å²) in [5, 5.41) is 0. The fraction of sp³-hybridized carbons (Fsp3) is 0. The SMILES string of the molecule is Ic1ccn(I)c1I. The predicted molar refractivity (Wildman–Crippen MR) is 59.3 cm³/mol. The molecule has 0 aliphatic rings. The zero-order chi connectivity index (χ0) is 6.15. The number of halogens is 3. The van der Waals surface area contributed by atoms with Crippen molar-refractivity contribution < 1.29 is 0 Å². The minimum Gasteiger partial charge on any atom is -0.283 e. The van der Waals surface area contributed by atoms with Gasteiger partial charge in [-0.05, 0) is 51.2 Å². The van der Waals surface area contributed by atoms with Gasteiger partial charge in [-0.1, -0.05) is 0 Å². The molecule has 1 aromatic heterocycles. The van der Waals surface area contributed by atoms with Gasteiger partial charge in [-0.25, -0.2) is 0 Å². The molecule has 0 unspecified atom stereocenters. The van der Waals surface area contributed by atoms with Crippen molar-refractivity contribution in [3.8, 4) is 0 Å². The fourth-order valence-electron chi connectivity index (χ4n) is 0.367. The highest BCUT2D eigenvalue weighted by molar-refractivity contribution is 14.1. The molecule has 0 atom stereocenters. The Hall–Kier alpha value is 1.47. The van der Waals surface area contributed by atoms with Gasteiger partial charge in [0.15, 0.2) is 0 Å². The second kappa shape index (κ2) is 3.04. The van der Waals surface area contributed by atoms with Crippen molar-refractivity contribution in [3.05, 3.63) is 19.5 Å². The van der Waals surface area contributed by atoms with Crippen LogP contribution in [-0.2, 0) is 0 Å². The van der Waals surface area contributed by atoms with Crippen LogP contribution in [-0.4, -0.2) is 2.78 Å². The molecule has 1 rings (SSSR count). The lowest BCUT2D eigenvalue weighted by Gasteiger charge is -1.87. The Labute approximate surface area is 89.0 Å². The van der Waals surface area contributed by atoms with Gasteiger partial charge in [0.05, 0.1) is 22.9 Å². The van der Waals surface area contributed by atoms with E-state index < -0.39 is 0 Å². The largest absolute Gasteiger partial charge is 0.283 e. The van der Waals surface area contributed by atoms with Gasteiger partial charge in [0.2, 0.25) is 0 Å². The zero-order valence-corrected chi connectivity index (χ0v) is 10.2. The van der Waals surface area contributed by atoms with Crippen molar-refractivity contribution in [1.29, 1.82) is 0 Å². The second-order valence-corrected chi connectivity index (χ2v) is 4.49. The maximum atomic E-state index is 2.31. The van der Waals surface area contributed by atoms with E-state index in [9.17, 15) is 0 Å². The number of hydrogen-bond acceptors (Lipinski definition) is 0. The Bertz CT molecular complexity index is 174. The third kappa shape index (κ3) is 1.49. The van der Waals surface area contributed by atoms with Crippen molar-refractivity contribution in [2.45, 2.75) is 0 Å². The maximum Gasteiger partial charge on any atom is 0.102 e. The van der Waals surface area contributed by atoms with Gasteiger partial charge >= 0.3 is 0 Å². The van der Waals surface area contributed by atoms with Gasteiger partial charge < -0.3 is 0 Å². The third-order valence-corrected chi connectivity index (χ3v) is 5.47. The van der Waals surface area contributed by atoms with Crippen LogP contribution in [0.3, 0.4) is 0 Å². The molecular weight excluding hydrogens is 443 g/mol. The average molecular weight is 445 g/mol. The van der Waals surface area contributed by atoms with Gasteiger partial charge in [0.1, 0.15) is 3.70 Å². The van der Waals surface area contributed by atoms with E-state index in [0.29, 0.717) is 0 Å². The lowest BCUT2D eigenvalue weighted by atomic mass is 10.7. The first kappa shape index (κ1) is 7.58. The van der Waals surface area contributed by atoms with E-state index in [0.717, 1.165) is 0 Å². The Balaban J connectivity index is 3.19. The lowest BCUT2D eigenvalue weighted by Crippen LogP contribution is -1.77. The molecule has 0 aliphatic heterocycles. The van der Waals surface area contributed by atoms with E-state index in [1.165, 1.54) is 7.27 Å². The number of hydrogen-bond donors (Lipinski definition) is 0. The summed E-state index contributed by atoms with van der Waals surface area (Å²) in [6, 6.07) is 2.09. The van der Waals surface area contributed by atoms with E-state index in [1.807, 2.05) is 6.20 Å². The molecule has 0 bridgehead atoms. The Morgan fingerprint density at radius 2 is 2.00 bits per heavy atom. The molecule has 44 valence electrons. The summed E-state index contributed by atoms with van der Waals surface area (Å²) >= 11 is 6.87. The molecule has 0 aliphatic carbocycles. The number of rotatable bonds is 0. The molecule has 0 saturated carbocycles. The van der Waals surface area contributed by atoms with E-state index in [4.69, 9.17) is 0 Å². The minimum absolute atomic E-state index is 1.30. The molecule has 0 spiro atoms. The predicted octanol–water partition coefficient (Wildman–Crippen LogP) is 2.90. The van der Waals surface area contributed by atoms with Crippen LogP contribution in [0.1, 0.15) is 0 Å². The number of nitrogens with zero attached hydrogens (tertiary/aromatic N) is 1.